The Morgan fingerprint density at radius 2 is 1.58 bits per heavy atom. The molecular formula is C8H7ClO2S. The zero-order chi connectivity index (χ0) is 9.03. The van der Waals surface area contributed by atoms with E-state index in [0.29, 0.717) is 0 Å². The van der Waals surface area contributed by atoms with Crippen molar-refractivity contribution in [3.8, 4) is 0 Å². The molecule has 1 aliphatic rings. The van der Waals surface area contributed by atoms with Gasteiger partial charge in [-0.3, -0.25) is 0 Å². The van der Waals surface area contributed by atoms with Gasteiger partial charge in [0.05, 0.1) is 4.91 Å². The Kier molecular flexibility index (Phi) is 2.89. The number of hydrogen-bond donors (Lipinski definition) is 0. The van der Waals surface area contributed by atoms with Crippen molar-refractivity contribution in [1.82, 2.24) is 0 Å². The predicted octanol–water partition coefficient (Wildman–Crippen LogP) is 2.12. The van der Waals surface area contributed by atoms with Crippen molar-refractivity contribution in [2.24, 2.45) is 0 Å². The monoisotopic (exact) mass is 202 g/mol. The molecule has 0 saturated carbocycles. The summed E-state index contributed by atoms with van der Waals surface area (Å²) in [5.41, 5.74) is 0. The summed E-state index contributed by atoms with van der Waals surface area (Å²) in [5, 5.41) is 0. The zero-order valence-electron chi connectivity index (χ0n) is 6.14. The summed E-state index contributed by atoms with van der Waals surface area (Å²) < 4.78 is 21.7. The van der Waals surface area contributed by atoms with E-state index in [9.17, 15) is 8.42 Å². The molecule has 0 fully saturated rings. The number of rotatable bonds is 1. The Balaban J connectivity index is 3.07. The summed E-state index contributed by atoms with van der Waals surface area (Å²) in [5.74, 6) is 0. The first kappa shape index (κ1) is 9.29. The van der Waals surface area contributed by atoms with Crippen LogP contribution in [-0.2, 0) is 9.05 Å². The van der Waals surface area contributed by atoms with Gasteiger partial charge in [0.2, 0.25) is 0 Å². The van der Waals surface area contributed by atoms with Gasteiger partial charge < -0.3 is 0 Å². The molecule has 64 valence electrons. The molecule has 0 bridgehead atoms. The van der Waals surface area contributed by atoms with Gasteiger partial charge >= 0.3 is 0 Å². The van der Waals surface area contributed by atoms with Crippen LogP contribution in [0.3, 0.4) is 0 Å². The minimum Gasteiger partial charge on any atom is -0.207 e. The molecule has 0 N–H and O–H groups in total. The molecule has 12 heavy (non-hydrogen) atoms. The summed E-state index contributed by atoms with van der Waals surface area (Å²) in [7, 11) is 1.53. The van der Waals surface area contributed by atoms with Gasteiger partial charge in [-0.05, 0) is 12.2 Å². The van der Waals surface area contributed by atoms with Gasteiger partial charge in [-0.1, -0.05) is 30.4 Å². The Bertz CT molecular complexity index is 372. The Labute approximate surface area is 76.0 Å². The van der Waals surface area contributed by atoms with Crippen molar-refractivity contribution in [2.45, 2.75) is 0 Å². The van der Waals surface area contributed by atoms with E-state index in [1.165, 1.54) is 12.2 Å². The second-order valence-corrected chi connectivity index (χ2v) is 4.70. The van der Waals surface area contributed by atoms with Crippen LogP contribution in [0.4, 0.5) is 0 Å². The van der Waals surface area contributed by atoms with Crippen molar-refractivity contribution in [3.05, 3.63) is 47.4 Å². The lowest BCUT2D eigenvalue weighted by atomic mass is 10.3. The highest BCUT2D eigenvalue weighted by Gasteiger charge is 2.08. The second kappa shape index (κ2) is 3.74. The molecule has 1 rings (SSSR count). The van der Waals surface area contributed by atoms with E-state index >= 15 is 0 Å². The van der Waals surface area contributed by atoms with E-state index in [0.717, 1.165) is 0 Å². The molecule has 4 heteroatoms. The SMILES string of the molecule is O=S(=O)(Cl)C1=CC=CC=CC=C1. The quantitative estimate of drug-likeness (QED) is 0.611. The molecule has 2 nitrogen and oxygen atoms in total. The fourth-order valence-electron chi connectivity index (χ4n) is 0.711. The Morgan fingerprint density at radius 1 is 1.00 bits per heavy atom. The first-order valence-electron chi connectivity index (χ1n) is 3.27. The third-order valence-electron chi connectivity index (χ3n) is 1.25. The Hall–Kier alpha value is -0.800. The third-order valence-corrected chi connectivity index (χ3v) is 2.62. The highest BCUT2D eigenvalue weighted by Crippen LogP contribution is 2.14. The van der Waals surface area contributed by atoms with Gasteiger partial charge in [0, 0.05) is 10.7 Å². The zero-order valence-corrected chi connectivity index (χ0v) is 7.72. The molecule has 0 aromatic rings. The predicted molar refractivity (Wildman–Crippen MR) is 50.3 cm³/mol. The van der Waals surface area contributed by atoms with Crippen molar-refractivity contribution in [2.75, 3.05) is 0 Å². The van der Waals surface area contributed by atoms with E-state index in [-0.39, 0.29) is 4.91 Å². The van der Waals surface area contributed by atoms with Crippen LogP contribution in [0.5, 0.6) is 0 Å². The first-order valence-corrected chi connectivity index (χ1v) is 5.58. The number of allylic oxidation sites excluding steroid dienone is 7. The van der Waals surface area contributed by atoms with Crippen LogP contribution in [0.2, 0.25) is 0 Å². The lowest BCUT2D eigenvalue weighted by Crippen LogP contribution is -1.91. The van der Waals surface area contributed by atoms with Gasteiger partial charge in [0.15, 0.2) is 0 Å². The van der Waals surface area contributed by atoms with Crippen LogP contribution in [0.25, 0.3) is 0 Å². The van der Waals surface area contributed by atoms with E-state index in [1.807, 2.05) is 0 Å². The standard InChI is InChI=1S/C8H7ClO2S/c9-12(10,11)8-6-4-2-1-3-5-7-8/h1-7H. The van der Waals surface area contributed by atoms with Crippen LogP contribution in [0.15, 0.2) is 47.4 Å². The first-order chi connectivity index (χ1) is 5.61. The van der Waals surface area contributed by atoms with Crippen LogP contribution in [-0.4, -0.2) is 8.42 Å². The van der Waals surface area contributed by atoms with Crippen LogP contribution < -0.4 is 0 Å². The fourth-order valence-corrected chi connectivity index (χ4v) is 1.50. The van der Waals surface area contributed by atoms with E-state index < -0.39 is 9.05 Å². The molecular weight excluding hydrogens is 196 g/mol. The minimum absolute atomic E-state index is 0.102. The molecule has 0 radical (unpaired) electrons. The maximum atomic E-state index is 10.8. The highest BCUT2D eigenvalue weighted by molar-refractivity contribution is 8.17. The smallest absolute Gasteiger partial charge is 0.207 e. The van der Waals surface area contributed by atoms with Gasteiger partial charge in [0.1, 0.15) is 0 Å². The summed E-state index contributed by atoms with van der Waals surface area (Å²) in [4.78, 5) is 0.102. The van der Waals surface area contributed by atoms with Crippen LogP contribution in [0.1, 0.15) is 0 Å². The lowest BCUT2D eigenvalue weighted by Gasteiger charge is -1.94. The number of halogens is 1. The van der Waals surface area contributed by atoms with Crippen molar-refractivity contribution in [1.29, 1.82) is 0 Å². The average molecular weight is 203 g/mol. The van der Waals surface area contributed by atoms with Crippen LogP contribution in [0, 0.1) is 0 Å². The largest absolute Gasteiger partial charge is 0.261 e. The Morgan fingerprint density at radius 3 is 2.25 bits per heavy atom. The summed E-state index contributed by atoms with van der Waals surface area (Å²) in [6, 6.07) is 0. The average Bonchev–Trinajstić information content (AvgIpc) is 1.81. The molecule has 0 unspecified atom stereocenters. The molecule has 0 spiro atoms. The van der Waals surface area contributed by atoms with E-state index in [1.54, 1.807) is 30.4 Å². The highest BCUT2D eigenvalue weighted by atomic mass is 35.7. The van der Waals surface area contributed by atoms with Gasteiger partial charge in [0.25, 0.3) is 9.05 Å². The molecule has 0 aliphatic heterocycles. The maximum absolute atomic E-state index is 10.8. The molecule has 0 amide bonds. The minimum atomic E-state index is -3.60. The second-order valence-electron chi connectivity index (χ2n) is 2.14. The molecule has 0 atom stereocenters. The fraction of sp³-hybridized carbons (Fsp3) is 0. The summed E-state index contributed by atoms with van der Waals surface area (Å²) in [6.45, 7) is 0. The summed E-state index contributed by atoms with van der Waals surface area (Å²) >= 11 is 0. The molecule has 1 aliphatic carbocycles. The topological polar surface area (TPSA) is 34.1 Å². The van der Waals surface area contributed by atoms with Crippen LogP contribution >= 0.6 is 10.7 Å². The van der Waals surface area contributed by atoms with E-state index in [2.05, 4.69) is 0 Å². The third kappa shape index (κ3) is 2.68. The lowest BCUT2D eigenvalue weighted by molar-refractivity contribution is 0.615. The van der Waals surface area contributed by atoms with Crippen molar-refractivity contribution >= 4 is 19.7 Å². The molecule has 0 saturated heterocycles. The normalized spacial score (nSPS) is 16.9. The molecule has 0 heterocycles. The van der Waals surface area contributed by atoms with Crippen molar-refractivity contribution < 1.29 is 8.42 Å². The molecule has 0 aromatic heterocycles. The summed E-state index contributed by atoms with van der Waals surface area (Å²) in [6.07, 6.45) is 11.4. The maximum Gasteiger partial charge on any atom is 0.261 e. The van der Waals surface area contributed by atoms with Gasteiger partial charge in [-0.25, -0.2) is 8.42 Å². The van der Waals surface area contributed by atoms with Gasteiger partial charge in [-0.2, -0.15) is 0 Å². The van der Waals surface area contributed by atoms with Crippen molar-refractivity contribution in [3.63, 3.8) is 0 Å². The number of hydrogen-bond acceptors (Lipinski definition) is 2. The van der Waals surface area contributed by atoms with E-state index in [4.69, 9.17) is 10.7 Å². The van der Waals surface area contributed by atoms with Gasteiger partial charge in [-0.15, -0.1) is 0 Å². The molecule has 0 aromatic carbocycles.